The number of hydrogen-bond acceptors (Lipinski definition) is 4. The minimum Gasteiger partial charge on any atom is -0.337 e. The molecule has 1 amide bonds. The molecule has 10 heteroatoms. The van der Waals surface area contributed by atoms with Crippen molar-refractivity contribution in [3.63, 3.8) is 0 Å². The number of piperazine rings is 1. The number of carbonyl (C=O) groups excluding carboxylic acids is 1. The Morgan fingerprint density at radius 3 is 2.66 bits per heavy atom. The number of aromatic nitrogens is 2. The molecule has 1 aliphatic rings. The summed E-state index contributed by atoms with van der Waals surface area (Å²) in [5.74, 6) is 0.243. The summed E-state index contributed by atoms with van der Waals surface area (Å²) >= 11 is 0. The highest BCUT2D eigenvalue weighted by atomic mass is 35.5. The van der Waals surface area contributed by atoms with Crippen LogP contribution in [0.4, 0.5) is 13.2 Å². The first-order chi connectivity index (χ1) is 13.3. The first-order valence-corrected chi connectivity index (χ1v) is 9.14. The van der Waals surface area contributed by atoms with E-state index in [0.717, 1.165) is 10.7 Å². The zero-order chi connectivity index (χ0) is 20.1. The Labute approximate surface area is 174 Å². The van der Waals surface area contributed by atoms with Crippen molar-refractivity contribution >= 4 is 18.3 Å². The number of aryl methyl sites for hydroxylation is 1. The fourth-order valence-electron chi connectivity index (χ4n) is 3.41. The van der Waals surface area contributed by atoms with Gasteiger partial charge in [0, 0.05) is 45.6 Å². The SMILES string of the molecule is Cl.Cn1ccnc1C1CNCCN1CC(=O)N(Cc1ccccc1)CC(F)(F)F. The molecular weight excluding hydrogens is 407 g/mol. The normalized spacial score (nSPS) is 17.6. The summed E-state index contributed by atoms with van der Waals surface area (Å²) in [4.78, 5) is 20.0. The van der Waals surface area contributed by atoms with Gasteiger partial charge in [-0.1, -0.05) is 30.3 Å². The Morgan fingerprint density at radius 1 is 1.31 bits per heavy atom. The van der Waals surface area contributed by atoms with E-state index in [9.17, 15) is 18.0 Å². The number of rotatable bonds is 6. The highest BCUT2D eigenvalue weighted by Crippen LogP contribution is 2.22. The van der Waals surface area contributed by atoms with Crippen LogP contribution in [0.3, 0.4) is 0 Å². The van der Waals surface area contributed by atoms with Gasteiger partial charge in [-0.3, -0.25) is 9.69 Å². The molecule has 160 valence electrons. The summed E-state index contributed by atoms with van der Waals surface area (Å²) in [7, 11) is 1.86. The number of alkyl halides is 3. The fraction of sp³-hybridized carbons (Fsp3) is 0.474. The Morgan fingerprint density at radius 2 is 2.03 bits per heavy atom. The Bertz CT molecular complexity index is 784. The van der Waals surface area contributed by atoms with E-state index in [0.29, 0.717) is 25.2 Å². The average molecular weight is 432 g/mol. The Balaban J connectivity index is 0.00000300. The molecule has 1 aromatic heterocycles. The summed E-state index contributed by atoms with van der Waals surface area (Å²) in [6.07, 6.45) is -0.961. The second kappa shape index (κ2) is 10.1. The second-order valence-electron chi connectivity index (χ2n) is 6.94. The molecule has 1 N–H and O–H groups in total. The number of carbonyl (C=O) groups is 1. The standard InChI is InChI=1S/C19H24F3N5O.ClH/c1-25-9-8-24-18(25)16-11-23-7-10-26(16)13-17(28)27(14-19(20,21)22)12-15-5-3-2-4-6-15;/h2-6,8-9,16,23H,7,10-14H2,1H3;1H. The Hall–Kier alpha value is -2.10. The van der Waals surface area contributed by atoms with Gasteiger partial charge in [0.25, 0.3) is 0 Å². The van der Waals surface area contributed by atoms with E-state index >= 15 is 0 Å². The molecule has 0 aliphatic carbocycles. The molecule has 1 fully saturated rings. The highest BCUT2D eigenvalue weighted by Gasteiger charge is 2.35. The minimum atomic E-state index is -4.45. The lowest BCUT2D eigenvalue weighted by Gasteiger charge is -2.36. The number of imidazole rings is 1. The van der Waals surface area contributed by atoms with Crippen molar-refractivity contribution in [1.29, 1.82) is 0 Å². The van der Waals surface area contributed by atoms with E-state index in [-0.39, 0.29) is 31.5 Å². The number of nitrogens with zero attached hydrogens (tertiary/aromatic N) is 4. The maximum Gasteiger partial charge on any atom is 0.406 e. The molecule has 6 nitrogen and oxygen atoms in total. The summed E-state index contributed by atoms with van der Waals surface area (Å²) < 4.78 is 41.1. The number of benzene rings is 1. The first-order valence-electron chi connectivity index (χ1n) is 9.14. The highest BCUT2D eigenvalue weighted by molar-refractivity contribution is 5.85. The van der Waals surface area contributed by atoms with E-state index < -0.39 is 18.6 Å². The topological polar surface area (TPSA) is 53.4 Å². The number of halogens is 4. The molecule has 0 radical (unpaired) electrons. The summed E-state index contributed by atoms with van der Waals surface area (Å²) in [6, 6.07) is 8.56. The van der Waals surface area contributed by atoms with Crippen LogP contribution >= 0.6 is 12.4 Å². The third kappa shape index (κ3) is 6.45. The van der Waals surface area contributed by atoms with Gasteiger partial charge < -0.3 is 14.8 Å². The minimum absolute atomic E-state index is 0. The van der Waals surface area contributed by atoms with Gasteiger partial charge in [0.2, 0.25) is 5.91 Å². The third-order valence-electron chi connectivity index (χ3n) is 4.79. The van der Waals surface area contributed by atoms with Crippen molar-refractivity contribution in [1.82, 2.24) is 24.7 Å². The van der Waals surface area contributed by atoms with E-state index in [4.69, 9.17) is 0 Å². The molecule has 2 aromatic rings. The van der Waals surface area contributed by atoms with Crippen molar-refractivity contribution in [2.24, 2.45) is 7.05 Å². The van der Waals surface area contributed by atoms with Gasteiger partial charge >= 0.3 is 6.18 Å². The van der Waals surface area contributed by atoms with Crippen LogP contribution < -0.4 is 5.32 Å². The average Bonchev–Trinajstić information content (AvgIpc) is 3.07. The molecule has 1 unspecified atom stereocenters. The van der Waals surface area contributed by atoms with Crippen molar-refractivity contribution in [3.05, 3.63) is 54.1 Å². The molecule has 1 aliphatic heterocycles. The molecule has 1 saturated heterocycles. The molecule has 0 bridgehead atoms. The van der Waals surface area contributed by atoms with Crippen LogP contribution in [0.1, 0.15) is 17.4 Å². The monoisotopic (exact) mass is 431 g/mol. The predicted octanol–water partition coefficient (Wildman–Crippen LogP) is 2.38. The van der Waals surface area contributed by atoms with Crippen molar-refractivity contribution < 1.29 is 18.0 Å². The fourth-order valence-corrected chi connectivity index (χ4v) is 3.41. The zero-order valence-electron chi connectivity index (χ0n) is 16.1. The van der Waals surface area contributed by atoms with Crippen LogP contribution in [0, 0.1) is 0 Å². The second-order valence-corrected chi connectivity index (χ2v) is 6.94. The van der Waals surface area contributed by atoms with E-state index in [1.165, 1.54) is 0 Å². The molecular formula is C19H25ClF3N5O. The quantitative estimate of drug-likeness (QED) is 0.763. The third-order valence-corrected chi connectivity index (χ3v) is 4.79. The van der Waals surface area contributed by atoms with Crippen LogP contribution in [0.15, 0.2) is 42.7 Å². The van der Waals surface area contributed by atoms with Crippen molar-refractivity contribution in [2.75, 3.05) is 32.7 Å². The van der Waals surface area contributed by atoms with Crippen molar-refractivity contribution in [3.8, 4) is 0 Å². The first kappa shape index (κ1) is 23.2. The molecule has 0 spiro atoms. The van der Waals surface area contributed by atoms with Crippen molar-refractivity contribution in [2.45, 2.75) is 18.8 Å². The van der Waals surface area contributed by atoms with Gasteiger partial charge in [0.15, 0.2) is 0 Å². The van der Waals surface area contributed by atoms with Crippen LogP contribution in [0.2, 0.25) is 0 Å². The molecule has 3 rings (SSSR count). The van der Waals surface area contributed by atoms with E-state index in [1.807, 2.05) is 22.7 Å². The van der Waals surface area contributed by atoms with Crippen LogP contribution in [0.25, 0.3) is 0 Å². The number of nitrogens with one attached hydrogen (secondary N) is 1. The molecule has 2 heterocycles. The molecule has 1 atom stereocenters. The maximum atomic E-state index is 13.1. The molecule has 0 saturated carbocycles. The Kier molecular flexibility index (Phi) is 8.06. The van der Waals surface area contributed by atoms with Crippen LogP contribution in [0.5, 0.6) is 0 Å². The largest absolute Gasteiger partial charge is 0.406 e. The predicted molar refractivity (Wildman–Crippen MR) is 106 cm³/mol. The lowest BCUT2D eigenvalue weighted by atomic mass is 10.1. The van der Waals surface area contributed by atoms with Gasteiger partial charge in [-0.2, -0.15) is 13.2 Å². The molecule has 1 aromatic carbocycles. The van der Waals surface area contributed by atoms with Crippen LogP contribution in [-0.4, -0.2) is 64.2 Å². The van der Waals surface area contributed by atoms with Gasteiger partial charge in [-0.15, -0.1) is 12.4 Å². The number of amides is 1. The lowest BCUT2D eigenvalue weighted by molar-refractivity contribution is -0.163. The summed E-state index contributed by atoms with van der Waals surface area (Å²) in [5.41, 5.74) is 0.668. The van der Waals surface area contributed by atoms with Gasteiger partial charge in [0.1, 0.15) is 12.4 Å². The summed E-state index contributed by atoms with van der Waals surface area (Å²) in [6.45, 7) is 0.414. The summed E-state index contributed by atoms with van der Waals surface area (Å²) in [5, 5.41) is 3.26. The smallest absolute Gasteiger partial charge is 0.337 e. The zero-order valence-corrected chi connectivity index (χ0v) is 16.9. The lowest BCUT2D eigenvalue weighted by Crippen LogP contribution is -2.51. The van der Waals surface area contributed by atoms with Crippen LogP contribution in [-0.2, 0) is 18.4 Å². The molecule has 29 heavy (non-hydrogen) atoms. The van der Waals surface area contributed by atoms with Gasteiger partial charge in [0.05, 0.1) is 12.6 Å². The van der Waals surface area contributed by atoms with E-state index in [1.54, 1.807) is 36.5 Å². The van der Waals surface area contributed by atoms with E-state index in [2.05, 4.69) is 10.3 Å². The maximum absolute atomic E-state index is 13.1. The number of hydrogen-bond donors (Lipinski definition) is 1. The van der Waals surface area contributed by atoms with Gasteiger partial charge in [-0.05, 0) is 5.56 Å². The van der Waals surface area contributed by atoms with Gasteiger partial charge in [-0.25, -0.2) is 4.98 Å².